The summed E-state index contributed by atoms with van der Waals surface area (Å²) >= 11 is 3.38. The molecule has 1 fully saturated rings. The smallest absolute Gasteiger partial charge is 0.253 e. The number of nitrogens with zero attached hydrogens (tertiary/aromatic N) is 1. The predicted octanol–water partition coefficient (Wildman–Crippen LogP) is 4.26. The number of amides is 2. The third-order valence-corrected chi connectivity index (χ3v) is 5.39. The first-order valence-electron chi connectivity index (χ1n) is 8.98. The average molecular weight is 431 g/mol. The van der Waals surface area contributed by atoms with Gasteiger partial charge in [-0.3, -0.25) is 9.59 Å². The zero-order valence-electron chi connectivity index (χ0n) is 15.5. The van der Waals surface area contributed by atoms with Crippen LogP contribution in [0.4, 0.5) is 5.69 Å². The topological polar surface area (TPSA) is 58.6 Å². The van der Waals surface area contributed by atoms with Crippen molar-refractivity contribution in [2.45, 2.75) is 19.8 Å². The normalized spacial score (nSPS) is 14.7. The van der Waals surface area contributed by atoms with Gasteiger partial charge in [-0.05, 0) is 61.7 Å². The first-order valence-corrected chi connectivity index (χ1v) is 9.77. The lowest BCUT2D eigenvalue weighted by Gasteiger charge is -2.31. The van der Waals surface area contributed by atoms with Gasteiger partial charge in [0.2, 0.25) is 5.91 Å². The number of carbonyl (C=O) groups excluding carboxylic acids is 2. The van der Waals surface area contributed by atoms with Crippen LogP contribution in [0.5, 0.6) is 5.75 Å². The lowest BCUT2D eigenvalue weighted by molar-refractivity contribution is -0.121. The van der Waals surface area contributed by atoms with Crippen LogP contribution in [0.1, 0.15) is 28.8 Å². The third kappa shape index (κ3) is 4.69. The minimum atomic E-state index is -0.107. The predicted molar refractivity (Wildman–Crippen MR) is 109 cm³/mol. The quantitative estimate of drug-likeness (QED) is 0.787. The molecule has 2 aromatic rings. The molecule has 0 spiro atoms. The van der Waals surface area contributed by atoms with Gasteiger partial charge >= 0.3 is 0 Å². The molecule has 0 atom stereocenters. The molecule has 2 amide bonds. The molecule has 2 aromatic carbocycles. The number of hydrogen-bond acceptors (Lipinski definition) is 3. The zero-order valence-corrected chi connectivity index (χ0v) is 17.1. The summed E-state index contributed by atoms with van der Waals surface area (Å²) < 4.78 is 6.27. The molecular weight excluding hydrogens is 408 g/mol. The Morgan fingerprint density at radius 3 is 2.41 bits per heavy atom. The van der Waals surface area contributed by atoms with Gasteiger partial charge in [-0.15, -0.1) is 0 Å². The van der Waals surface area contributed by atoms with Crippen LogP contribution in [0.3, 0.4) is 0 Å². The van der Waals surface area contributed by atoms with E-state index < -0.39 is 0 Å². The number of piperidine rings is 1. The highest BCUT2D eigenvalue weighted by molar-refractivity contribution is 9.10. The Kier molecular flexibility index (Phi) is 6.16. The molecular formula is C21H23BrN2O3. The van der Waals surface area contributed by atoms with Gasteiger partial charge in [-0.2, -0.15) is 0 Å². The van der Waals surface area contributed by atoms with Crippen molar-refractivity contribution < 1.29 is 14.3 Å². The highest BCUT2D eigenvalue weighted by Gasteiger charge is 2.28. The summed E-state index contributed by atoms with van der Waals surface area (Å²) in [7, 11) is 1.59. The van der Waals surface area contributed by atoms with Crippen LogP contribution in [-0.4, -0.2) is 36.9 Å². The fourth-order valence-electron chi connectivity index (χ4n) is 3.27. The third-order valence-electron chi connectivity index (χ3n) is 4.86. The van der Waals surface area contributed by atoms with E-state index in [2.05, 4.69) is 21.2 Å². The number of aryl methyl sites for hydroxylation is 1. The van der Waals surface area contributed by atoms with Gasteiger partial charge in [-0.25, -0.2) is 0 Å². The summed E-state index contributed by atoms with van der Waals surface area (Å²) in [4.78, 5) is 27.1. The molecule has 0 aliphatic carbocycles. The maximum atomic E-state index is 12.7. The van der Waals surface area contributed by atoms with Crippen LogP contribution in [0.15, 0.2) is 46.9 Å². The molecule has 1 heterocycles. The number of hydrogen-bond donors (Lipinski definition) is 1. The van der Waals surface area contributed by atoms with E-state index in [0.717, 1.165) is 10.0 Å². The van der Waals surface area contributed by atoms with Crippen molar-refractivity contribution in [1.82, 2.24) is 4.90 Å². The van der Waals surface area contributed by atoms with E-state index in [1.165, 1.54) is 0 Å². The number of carbonyl (C=O) groups is 2. The number of halogens is 1. The summed E-state index contributed by atoms with van der Waals surface area (Å²) in [6.07, 6.45) is 1.31. The van der Waals surface area contributed by atoms with E-state index in [9.17, 15) is 9.59 Å². The van der Waals surface area contributed by atoms with Gasteiger partial charge in [0.25, 0.3) is 5.91 Å². The monoisotopic (exact) mass is 430 g/mol. The number of likely N-dealkylation sites (tertiary alicyclic amines) is 1. The van der Waals surface area contributed by atoms with Crippen LogP contribution in [-0.2, 0) is 4.79 Å². The molecule has 1 N–H and O–H groups in total. The number of benzene rings is 2. The first-order chi connectivity index (χ1) is 13.0. The molecule has 1 saturated heterocycles. The van der Waals surface area contributed by atoms with Crippen molar-refractivity contribution in [2.24, 2.45) is 5.92 Å². The lowest BCUT2D eigenvalue weighted by Crippen LogP contribution is -2.41. The second kappa shape index (κ2) is 8.57. The van der Waals surface area contributed by atoms with Crippen molar-refractivity contribution in [3.8, 4) is 5.75 Å². The van der Waals surface area contributed by atoms with Gasteiger partial charge in [0.1, 0.15) is 5.75 Å². The molecule has 0 aromatic heterocycles. The van der Waals surface area contributed by atoms with E-state index in [1.54, 1.807) is 7.11 Å². The Labute approximate surface area is 167 Å². The summed E-state index contributed by atoms with van der Waals surface area (Å²) in [5.41, 5.74) is 2.42. The molecule has 27 heavy (non-hydrogen) atoms. The fraction of sp³-hybridized carbons (Fsp3) is 0.333. The Balaban J connectivity index is 1.59. The van der Waals surface area contributed by atoms with Crippen molar-refractivity contribution in [3.63, 3.8) is 0 Å². The van der Waals surface area contributed by atoms with Crippen molar-refractivity contribution >= 4 is 33.4 Å². The largest absolute Gasteiger partial charge is 0.495 e. The Hall–Kier alpha value is -2.34. The van der Waals surface area contributed by atoms with Gasteiger partial charge in [0.05, 0.1) is 12.8 Å². The number of anilines is 1. The van der Waals surface area contributed by atoms with Crippen molar-refractivity contribution in [1.29, 1.82) is 0 Å². The van der Waals surface area contributed by atoms with E-state index in [1.807, 2.05) is 54.3 Å². The molecule has 5 nitrogen and oxygen atoms in total. The first kappa shape index (κ1) is 19.4. The summed E-state index contributed by atoms with van der Waals surface area (Å²) in [5.74, 6) is 0.539. The lowest BCUT2D eigenvalue weighted by atomic mass is 9.95. The van der Waals surface area contributed by atoms with Crippen molar-refractivity contribution in [3.05, 3.63) is 58.1 Å². The van der Waals surface area contributed by atoms with E-state index in [0.29, 0.717) is 42.9 Å². The van der Waals surface area contributed by atoms with Gasteiger partial charge < -0.3 is 15.0 Å². The highest BCUT2D eigenvalue weighted by Crippen LogP contribution is 2.27. The summed E-state index contributed by atoms with van der Waals surface area (Å²) in [6, 6.07) is 13.1. The van der Waals surface area contributed by atoms with Crippen LogP contribution < -0.4 is 10.1 Å². The molecule has 0 radical (unpaired) electrons. The van der Waals surface area contributed by atoms with Crippen LogP contribution in [0.2, 0.25) is 0 Å². The second-order valence-corrected chi connectivity index (χ2v) is 7.68. The maximum Gasteiger partial charge on any atom is 0.253 e. The minimum absolute atomic E-state index is 0.0155. The fourth-order valence-corrected chi connectivity index (χ4v) is 3.54. The molecule has 142 valence electrons. The average Bonchev–Trinajstić information content (AvgIpc) is 2.68. The van der Waals surface area contributed by atoms with Crippen molar-refractivity contribution in [2.75, 3.05) is 25.5 Å². The van der Waals surface area contributed by atoms with E-state index in [4.69, 9.17) is 4.74 Å². The Bertz CT molecular complexity index is 828. The molecule has 3 rings (SSSR count). The maximum absolute atomic E-state index is 12.7. The Morgan fingerprint density at radius 2 is 1.78 bits per heavy atom. The molecule has 1 aliphatic heterocycles. The minimum Gasteiger partial charge on any atom is -0.495 e. The molecule has 0 unspecified atom stereocenters. The summed E-state index contributed by atoms with van der Waals surface area (Å²) in [5, 5.41) is 2.98. The highest BCUT2D eigenvalue weighted by atomic mass is 79.9. The summed E-state index contributed by atoms with van der Waals surface area (Å²) in [6.45, 7) is 3.14. The number of ether oxygens (including phenoxy) is 1. The molecule has 0 bridgehead atoms. The zero-order chi connectivity index (χ0) is 19.4. The van der Waals surface area contributed by atoms with Crippen LogP contribution in [0.25, 0.3) is 0 Å². The molecule has 6 heteroatoms. The number of rotatable bonds is 4. The number of methoxy groups -OCH3 is 1. The number of nitrogens with one attached hydrogen (secondary N) is 1. The molecule has 1 aliphatic rings. The van der Waals surface area contributed by atoms with Gasteiger partial charge in [0.15, 0.2) is 0 Å². The molecule has 0 saturated carbocycles. The SMILES string of the molecule is COc1ccc(C)cc1NC(=O)C1CCN(C(=O)c2ccc(Br)cc2)CC1. The van der Waals surface area contributed by atoms with Gasteiger partial charge in [-0.1, -0.05) is 22.0 Å². The standard InChI is InChI=1S/C21H23BrN2O3/c1-14-3-8-19(27-2)18(13-14)23-20(25)15-9-11-24(12-10-15)21(26)16-4-6-17(22)7-5-16/h3-8,13,15H,9-12H2,1-2H3,(H,23,25). The van der Waals surface area contributed by atoms with E-state index >= 15 is 0 Å². The van der Waals surface area contributed by atoms with E-state index in [-0.39, 0.29) is 17.7 Å². The van der Waals surface area contributed by atoms with Crippen LogP contribution in [0, 0.1) is 12.8 Å². The van der Waals surface area contributed by atoms with Gasteiger partial charge in [0, 0.05) is 29.0 Å². The van der Waals surface area contributed by atoms with Crippen LogP contribution >= 0.6 is 15.9 Å². The Morgan fingerprint density at radius 1 is 1.11 bits per heavy atom. The second-order valence-electron chi connectivity index (χ2n) is 6.77.